The first-order chi connectivity index (χ1) is 15.7. The molecule has 0 spiro atoms. The summed E-state index contributed by atoms with van der Waals surface area (Å²) >= 11 is 0. The van der Waals surface area contributed by atoms with E-state index in [1.165, 1.54) is 0 Å². The van der Waals surface area contributed by atoms with E-state index in [2.05, 4.69) is 17.0 Å². The molecule has 7 heteroatoms. The maximum Gasteiger partial charge on any atom is 0.223 e. The maximum atomic E-state index is 12.4. The molecular formula is C25H28N4O3. The number of hydrogen-bond acceptors (Lipinski definition) is 6. The van der Waals surface area contributed by atoms with Gasteiger partial charge in [0.15, 0.2) is 0 Å². The van der Waals surface area contributed by atoms with Crippen LogP contribution in [0.5, 0.6) is 11.5 Å². The SMILES string of the molecule is N#Cc1ccc(OCCCN2CCC(=O)N(CCCOc3ccc(C#N)cc3)CC2)cc1. The molecule has 2 aromatic rings. The molecule has 1 heterocycles. The molecule has 2 aromatic carbocycles. The van der Waals surface area contributed by atoms with Crippen molar-refractivity contribution < 1.29 is 14.3 Å². The Kier molecular flexibility index (Phi) is 8.92. The highest BCUT2D eigenvalue weighted by Gasteiger charge is 2.20. The summed E-state index contributed by atoms with van der Waals surface area (Å²) in [4.78, 5) is 16.7. The lowest BCUT2D eigenvalue weighted by atomic mass is 10.2. The topological polar surface area (TPSA) is 89.6 Å². The van der Waals surface area contributed by atoms with Gasteiger partial charge in [-0.3, -0.25) is 4.79 Å². The first-order valence-corrected chi connectivity index (χ1v) is 10.9. The van der Waals surface area contributed by atoms with Crippen molar-refractivity contribution in [3.63, 3.8) is 0 Å². The second kappa shape index (κ2) is 12.3. The minimum atomic E-state index is 0.194. The number of carbonyl (C=O) groups excluding carboxylic acids is 1. The van der Waals surface area contributed by atoms with E-state index < -0.39 is 0 Å². The van der Waals surface area contributed by atoms with Gasteiger partial charge in [0.05, 0.1) is 36.5 Å². The lowest BCUT2D eigenvalue weighted by Gasteiger charge is -2.22. The van der Waals surface area contributed by atoms with Crippen LogP contribution in [0, 0.1) is 22.7 Å². The number of nitriles is 2. The standard InChI is InChI=1S/C25H28N4O3/c26-19-21-3-7-23(8-4-21)31-17-1-12-28-14-11-25(30)29(16-15-28)13-2-18-32-24-9-5-22(20-27)6-10-24/h3-10H,1-2,11-18H2. The first-order valence-electron chi connectivity index (χ1n) is 10.9. The Morgan fingerprint density at radius 3 is 1.81 bits per heavy atom. The fourth-order valence-corrected chi connectivity index (χ4v) is 3.55. The van der Waals surface area contributed by atoms with Crippen molar-refractivity contribution in [2.24, 2.45) is 0 Å². The van der Waals surface area contributed by atoms with Gasteiger partial charge in [-0.15, -0.1) is 0 Å². The van der Waals surface area contributed by atoms with Crippen LogP contribution in [0.2, 0.25) is 0 Å². The van der Waals surface area contributed by atoms with Crippen LogP contribution < -0.4 is 9.47 Å². The normalized spacial score (nSPS) is 14.3. The van der Waals surface area contributed by atoms with E-state index in [4.69, 9.17) is 20.0 Å². The van der Waals surface area contributed by atoms with E-state index in [1.807, 2.05) is 17.0 Å². The number of nitrogens with zero attached hydrogens (tertiary/aromatic N) is 4. The molecular weight excluding hydrogens is 404 g/mol. The van der Waals surface area contributed by atoms with Gasteiger partial charge in [-0.25, -0.2) is 0 Å². The molecule has 3 rings (SSSR count). The van der Waals surface area contributed by atoms with Crippen molar-refractivity contribution in [2.45, 2.75) is 19.3 Å². The second-order valence-electron chi connectivity index (χ2n) is 7.65. The number of amides is 1. The largest absolute Gasteiger partial charge is 0.494 e. The van der Waals surface area contributed by atoms with E-state index in [9.17, 15) is 4.79 Å². The maximum absolute atomic E-state index is 12.4. The van der Waals surface area contributed by atoms with Gasteiger partial charge in [-0.2, -0.15) is 10.5 Å². The van der Waals surface area contributed by atoms with Crippen molar-refractivity contribution in [1.82, 2.24) is 9.80 Å². The van der Waals surface area contributed by atoms with Gasteiger partial charge in [0.25, 0.3) is 0 Å². The van der Waals surface area contributed by atoms with Crippen LogP contribution in [0.4, 0.5) is 0 Å². The molecule has 32 heavy (non-hydrogen) atoms. The molecule has 166 valence electrons. The average Bonchev–Trinajstić information content (AvgIpc) is 3.01. The number of benzene rings is 2. The lowest BCUT2D eigenvalue weighted by molar-refractivity contribution is -0.130. The van der Waals surface area contributed by atoms with Gasteiger partial charge in [0, 0.05) is 39.1 Å². The highest BCUT2D eigenvalue weighted by molar-refractivity contribution is 5.76. The molecule has 1 saturated heterocycles. The fraction of sp³-hybridized carbons (Fsp3) is 0.400. The van der Waals surface area contributed by atoms with E-state index in [-0.39, 0.29) is 5.91 Å². The summed E-state index contributed by atoms with van der Waals surface area (Å²) in [5.74, 6) is 1.70. The summed E-state index contributed by atoms with van der Waals surface area (Å²) in [5, 5.41) is 17.7. The van der Waals surface area contributed by atoms with Crippen LogP contribution >= 0.6 is 0 Å². The zero-order chi connectivity index (χ0) is 22.6. The zero-order valence-corrected chi connectivity index (χ0v) is 18.2. The Balaban J connectivity index is 1.31. The van der Waals surface area contributed by atoms with Gasteiger partial charge in [0.2, 0.25) is 5.91 Å². The molecule has 1 amide bonds. The summed E-state index contributed by atoms with van der Waals surface area (Å²) in [6.45, 7) is 5.07. The zero-order valence-electron chi connectivity index (χ0n) is 18.2. The summed E-state index contributed by atoms with van der Waals surface area (Å²) in [6.07, 6.45) is 2.18. The third-order valence-electron chi connectivity index (χ3n) is 5.38. The molecule has 1 fully saturated rings. The summed E-state index contributed by atoms with van der Waals surface area (Å²) in [5.41, 5.74) is 1.23. The molecule has 0 atom stereocenters. The smallest absolute Gasteiger partial charge is 0.223 e. The predicted molar refractivity (Wildman–Crippen MR) is 120 cm³/mol. The van der Waals surface area contributed by atoms with Gasteiger partial charge >= 0.3 is 0 Å². The van der Waals surface area contributed by atoms with E-state index in [0.717, 1.165) is 50.5 Å². The number of ether oxygens (including phenoxy) is 2. The third kappa shape index (κ3) is 7.30. The van der Waals surface area contributed by atoms with Crippen LogP contribution in [0.1, 0.15) is 30.4 Å². The Labute approximate surface area is 189 Å². The lowest BCUT2D eigenvalue weighted by Crippen LogP contribution is -2.35. The second-order valence-corrected chi connectivity index (χ2v) is 7.65. The monoisotopic (exact) mass is 432 g/mol. The average molecular weight is 433 g/mol. The third-order valence-corrected chi connectivity index (χ3v) is 5.38. The molecule has 0 unspecified atom stereocenters. The first kappa shape index (κ1) is 23.1. The molecule has 7 nitrogen and oxygen atoms in total. The molecule has 0 radical (unpaired) electrons. The van der Waals surface area contributed by atoms with Gasteiger partial charge in [-0.1, -0.05) is 0 Å². The molecule has 0 bridgehead atoms. The van der Waals surface area contributed by atoms with Crippen LogP contribution in [0.25, 0.3) is 0 Å². The molecule has 0 saturated carbocycles. The Hall–Kier alpha value is -3.55. The Bertz CT molecular complexity index is 945. The summed E-state index contributed by atoms with van der Waals surface area (Å²) in [7, 11) is 0. The van der Waals surface area contributed by atoms with Crippen molar-refractivity contribution in [3.05, 3.63) is 59.7 Å². The Morgan fingerprint density at radius 2 is 1.28 bits per heavy atom. The number of rotatable bonds is 10. The molecule has 0 aromatic heterocycles. The molecule has 0 aliphatic carbocycles. The van der Waals surface area contributed by atoms with Gasteiger partial charge < -0.3 is 19.3 Å². The van der Waals surface area contributed by atoms with E-state index >= 15 is 0 Å². The number of hydrogen-bond donors (Lipinski definition) is 0. The van der Waals surface area contributed by atoms with E-state index in [1.54, 1.807) is 36.4 Å². The van der Waals surface area contributed by atoms with Gasteiger partial charge in [-0.05, 0) is 61.4 Å². The van der Waals surface area contributed by atoms with Crippen LogP contribution in [0.15, 0.2) is 48.5 Å². The van der Waals surface area contributed by atoms with Crippen molar-refractivity contribution in [1.29, 1.82) is 10.5 Å². The molecule has 1 aliphatic heterocycles. The summed E-state index contributed by atoms with van der Waals surface area (Å²) in [6, 6.07) is 18.4. The van der Waals surface area contributed by atoms with Crippen LogP contribution in [-0.2, 0) is 4.79 Å². The van der Waals surface area contributed by atoms with Gasteiger partial charge in [0.1, 0.15) is 11.5 Å². The predicted octanol–water partition coefficient (Wildman–Crippen LogP) is 3.20. The van der Waals surface area contributed by atoms with Crippen LogP contribution in [0.3, 0.4) is 0 Å². The molecule has 0 N–H and O–H groups in total. The quantitative estimate of drug-likeness (QED) is 0.536. The fourth-order valence-electron chi connectivity index (χ4n) is 3.55. The molecule has 1 aliphatic rings. The van der Waals surface area contributed by atoms with E-state index in [0.29, 0.717) is 37.3 Å². The van der Waals surface area contributed by atoms with Crippen molar-refractivity contribution in [2.75, 3.05) is 45.9 Å². The Morgan fingerprint density at radius 1 is 0.750 bits per heavy atom. The van der Waals surface area contributed by atoms with Crippen molar-refractivity contribution >= 4 is 5.91 Å². The highest BCUT2D eigenvalue weighted by atomic mass is 16.5. The van der Waals surface area contributed by atoms with Crippen molar-refractivity contribution in [3.8, 4) is 23.6 Å². The van der Waals surface area contributed by atoms with Crippen LogP contribution in [-0.4, -0.2) is 61.6 Å². The highest BCUT2D eigenvalue weighted by Crippen LogP contribution is 2.13. The minimum absolute atomic E-state index is 0.194. The summed E-state index contributed by atoms with van der Waals surface area (Å²) < 4.78 is 11.5. The minimum Gasteiger partial charge on any atom is -0.494 e. The number of carbonyl (C=O) groups is 1.